The van der Waals surface area contributed by atoms with Crippen molar-refractivity contribution in [3.05, 3.63) is 54.3 Å². The minimum absolute atomic E-state index is 0.0943. The first kappa shape index (κ1) is 21.3. The Morgan fingerprint density at radius 2 is 1.86 bits per heavy atom. The number of piperidine rings is 1. The van der Waals surface area contributed by atoms with Crippen LogP contribution in [0.2, 0.25) is 0 Å². The van der Waals surface area contributed by atoms with E-state index in [9.17, 15) is 17.6 Å². The van der Waals surface area contributed by atoms with E-state index in [0.29, 0.717) is 37.4 Å². The molecule has 8 heteroatoms. The molecule has 1 aliphatic rings. The third-order valence-electron chi connectivity index (χ3n) is 5.09. The van der Waals surface area contributed by atoms with Crippen LogP contribution in [-0.4, -0.2) is 38.8 Å². The number of methoxy groups -OCH3 is 1. The zero-order valence-corrected chi connectivity index (χ0v) is 17.1. The van der Waals surface area contributed by atoms with E-state index in [1.54, 1.807) is 31.4 Å². The lowest BCUT2D eigenvalue weighted by Gasteiger charge is -2.32. The number of hydrogen-bond donors (Lipinski definition) is 1. The lowest BCUT2D eigenvalue weighted by Crippen LogP contribution is -2.40. The van der Waals surface area contributed by atoms with E-state index >= 15 is 0 Å². The van der Waals surface area contributed by atoms with E-state index < -0.39 is 15.8 Å². The number of amides is 1. The number of benzene rings is 2. The second kappa shape index (κ2) is 9.37. The average molecular weight is 421 g/mol. The van der Waals surface area contributed by atoms with Crippen molar-refractivity contribution in [2.45, 2.75) is 30.6 Å². The summed E-state index contributed by atoms with van der Waals surface area (Å²) in [6, 6.07) is 12.0. The van der Waals surface area contributed by atoms with E-state index in [2.05, 4.69) is 5.32 Å². The van der Waals surface area contributed by atoms with Gasteiger partial charge in [-0.25, -0.2) is 12.8 Å². The highest BCUT2D eigenvalue weighted by atomic mass is 32.2. The van der Waals surface area contributed by atoms with Gasteiger partial charge >= 0.3 is 0 Å². The van der Waals surface area contributed by atoms with Gasteiger partial charge < -0.3 is 10.1 Å². The minimum atomic E-state index is -3.65. The molecule has 1 heterocycles. The SMILES string of the molecule is COc1ccc(NC(=O)CCC2CCCN(S(=O)(=O)c3ccc(F)cc3)C2)cc1. The van der Waals surface area contributed by atoms with Crippen LogP contribution in [0.3, 0.4) is 0 Å². The van der Waals surface area contributed by atoms with Gasteiger partial charge in [0.05, 0.1) is 12.0 Å². The Balaban J connectivity index is 1.53. The molecule has 2 aromatic rings. The summed E-state index contributed by atoms with van der Waals surface area (Å²) in [7, 11) is -2.07. The van der Waals surface area contributed by atoms with Crippen LogP contribution in [0.15, 0.2) is 53.4 Å². The minimum Gasteiger partial charge on any atom is -0.497 e. The molecule has 0 radical (unpaired) electrons. The summed E-state index contributed by atoms with van der Waals surface area (Å²) in [6.07, 6.45) is 2.55. The molecule has 1 saturated heterocycles. The molecule has 1 aliphatic heterocycles. The molecule has 0 aliphatic carbocycles. The quantitative estimate of drug-likeness (QED) is 0.742. The monoisotopic (exact) mass is 420 g/mol. The standard InChI is InChI=1S/C21H25FN2O4S/c1-28-19-9-7-18(8-10-19)23-21(25)13-4-16-3-2-14-24(15-16)29(26,27)20-11-5-17(22)6-12-20/h5-12,16H,2-4,13-15H2,1H3,(H,23,25). The van der Waals surface area contributed by atoms with Gasteiger partial charge in [0.2, 0.25) is 15.9 Å². The van der Waals surface area contributed by atoms with Crippen LogP contribution >= 0.6 is 0 Å². The fraction of sp³-hybridized carbons (Fsp3) is 0.381. The maximum absolute atomic E-state index is 13.1. The van der Waals surface area contributed by atoms with Crippen molar-refractivity contribution in [2.24, 2.45) is 5.92 Å². The third kappa shape index (κ3) is 5.55. The first-order valence-electron chi connectivity index (χ1n) is 9.58. The largest absolute Gasteiger partial charge is 0.497 e. The van der Waals surface area contributed by atoms with Gasteiger partial charge in [-0.2, -0.15) is 4.31 Å². The van der Waals surface area contributed by atoms with Crippen molar-refractivity contribution < 1.29 is 22.3 Å². The molecule has 0 bridgehead atoms. The highest BCUT2D eigenvalue weighted by Gasteiger charge is 2.30. The van der Waals surface area contributed by atoms with Crippen molar-refractivity contribution >= 4 is 21.6 Å². The second-order valence-corrected chi connectivity index (χ2v) is 9.08. The predicted octanol–water partition coefficient (Wildman–Crippen LogP) is 3.65. The summed E-state index contributed by atoms with van der Waals surface area (Å²) in [4.78, 5) is 12.3. The first-order valence-corrected chi connectivity index (χ1v) is 11.0. The van der Waals surface area contributed by atoms with Crippen LogP contribution in [-0.2, 0) is 14.8 Å². The van der Waals surface area contributed by atoms with Crippen LogP contribution in [0.25, 0.3) is 0 Å². The molecule has 1 unspecified atom stereocenters. The zero-order chi connectivity index (χ0) is 20.9. The summed E-state index contributed by atoms with van der Waals surface area (Å²) in [5.41, 5.74) is 0.694. The van der Waals surface area contributed by atoms with Gasteiger partial charge in [0.15, 0.2) is 0 Å². The Morgan fingerprint density at radius 1 is 1.17 bits per heavy atom. The van der Waals surface area contributed by atoms with Gasteiger partial charge in [-0.3, -0.25) is 4.79 Å². The van der Waals surface area contributed by atoms with Crippen LogP contribution < -0.4 is 10.1 Å². The van der Waals surface area contributed by atoms with Crippen LogP contribution in [0.1, 0.15) is 25.7 Å². The number of hydrogen-bond acceptors (Lipinski definition) is 4. The fourth-order valence-corrected chi connectivity index (χ4v) is 5.02. The Hall–Kier alpha value is -2.45. The summed E-state index contributed by atoms with van der Waals surface area (Å²) in [5, 5.41) is 2.84. The van der Waals surface area contributed by atoms with Crippen LogP contribution in [0, 0.1) is 11.7 Å². The normalized spacial score (nSPS) is 17.7. The smallest absolute Gasteiger partial charge is 0.243 e. The van der Waals surface area contributed by atoms with Crippen molar-refractivity contribution in [3.63, 3.8) is 0 Å². The third-order valence-corrected chi connectivity index (χ3v) is 6.97. The molecule has 29 heavy (non-hydrogen) atoms. The summed E-state index contributed by atoms with van der Waals surface area (Å²) < 4.78 is 45.2. The van der Waals surface area contributed by atoms with Gasteiger partial charge in [-0.05, 0) is 73.7 Å². The molecule has 1 amide bonds. The number of anilines is 1. The van der Waals surface area contributed by atoms with E-state index in [4.69, 9.17) is 4.74 Å². The van der Waals surface area contributed by atoms with Gasteiger partial charge in [-0.1, -0.05) is 0 Å². The molecule has 0 aromatic heterocycles. The highest BCUT2D eigenvalue weighted by Crippen LogP contribution is 2.26. The van der Waals surface area contributed by atoms with E-state index in [-0.39, 0.29) is 16.7 Å². The maximum atomic E-state index is 13.1. The molecule has 3 rings (SSSR count). The van der Waals surface area contributed by atoms with E-state index in [0.717, 1.165) is 25.0 Å². The molecule has 1 atom stereocenters. The predicted molar refractivity (Wildman–Crippen MR) is 109 cm³/mol. The molecular formula is C21H25FN2O4S. The Bertz CT molecular complexity index is 930. The molecule has 1 N–H and O–H groups in total. The molecular weight excluding hydrogens is 395 g/mol. The lowest BCUT2D eigenvalue weighted by molar-refractivity contribution is -0.116. The number of rotatable bonds is 7. The Morgan fingerprint density at radius 3 is 2.52 bits per heavy atom. The van der Waals surface area contributed by atoms with E-state index in [1.165, 1.54) is 16.4 Å². The number of halogens is 1. The van der Waals surface area contributed by atoms with Crippen molar-refractivity contribution in [1.82, 2.24) is 4.31 Å². The second-order valence-electron chi connectivity index (χ2n) is 7.14. The van der Waals surface area contributed by atoms with Gasteiger partial charge in [-0.15, -0.1) is 0 Å². The number of nitrogens with one attached hydrogen (secondary N) is 1. The lowest BCUT2D eigenvalue weighted by atomic mass is 9.94. The summed E-state index contributed by atoms with van der Waals surface area (Å²) in [6.45, 7) is 0.809. The number of carbonyl (C=O) groups excluding carboxylic acids is 1. The Kier molecular flexibility index (Phi) is 6.87. The fourth-order valence-electron chi connectivity index (χ4n) is 3.47. The molecule has 1 fully saturated rings. The molecule has 156 valence electrons. The zero-order valence-electron chi connectivity index (χ0n) is 16.3. The van der Waals surface area contributed by atoms with E-state index in [1.807, 2.05) is 0 Å². The van der Waals surface area contributed by atoms with Crippen molar-refractivity contribution in [1.29, 1.82) is 0 Å². The molecule has 6 nitrogen and oxygen atoms in total. The summed E-state index contributed by atoms with van der Waals surface area (Å²) >= 11 is 0. The van der Waals surface area contributed by atoms with Gasteiger partial charge in [0.25, 0.3) is 0 Å². The van der Waals surface area contributed by atoms with Crippen molar-refractivity contribution in [3.8, 4) is 5.75 Å². The van der Waals surface area contributed by atoms with Gasteiger partial charge in [0, 0.05) is 25.2 Å². The number of ether oxygens (including phenoxy) is 1. The Labute approximate surface area is 170 Å². The van der Waals surface area contributed by atoms with Crippen LogP contribution in [0.4, 0.5) is 10.1 Å². The average Bonchev–Trinajstić information content (AvgIpc) is 2.73. The summed E-state index contributed by atoms with van der Waals surface area (Å²) in [5.74, 6) is 0.255. The maximum Gasteiger partial charge on any atom is 0.243 e. The highest BCUT2D eigenvalue weighted by molar-refractivity contribution is 7.89. The number of sulfonamides is 1. The van der Waals surface area contributed by atoms with Gasteiger partial charge in [0.1, 0.15) is 11.6 Å². The molecule has 0 spiro atoms. The number of carbonyl (C=O) groups is 1. The van der Waals surface area contributed by atoms with Crippen molar-refractivity contribution in [2.75, 3.05) is 25.5 Å². The molecule has 2 aromatic carbocycles. The van der Waals surface area contributed by atoms with Crippen LogP contribution in [0.5, 0.6) is 5.75 Å². The number of nitrogens with zero attached hydrogens (tertiary/aromatic N) is 1. The topological polar surface area (TPSA) is 75.7 Å². The molecule has 0 saturated carbocycles. The first-order chi connectivity index (χ1) is 13.9.